The molecule has 1 atom stereocenters. The highest BCUT2D eigenvalue weighted by atomic mass is 32.2. The fourth-order valence-corrected chi connectivity index (χ4v) is 5.34. The summed E-state index contributed by atoms with van der Waals surface area (Å²) < 4.78 is 10.7. The van der Waals surface area contributed by atoms with Gasteiger partial charge < -0.3 is 19.1 Å². The summed E-state index contributed by atoms with van der Waals surface area (Å²) in [7, 11) is 0. The Hall–Kier alpha value is -2.29. The zero-order valence-electron chi connectivity index (χ0n) is 15.3. The van der Waals surface area contributed by atoms with Crippen molar-refractivity contribution in [2.24, 2.45) is 0 Å². The first kappa shape index (κ1) is 16.6. The Labute approximate surface area is 165 Å². The number of nitrogens with one attached hydrogen (secondary N) is 1. The van der Waals surface area contributed by atoms with Crippen LogP contribution in [0.25, 0.3) is 33.7 Å². The molecule has 1 aliphatic heterocycles. The van der Waals surface area contributed by atoms with Crippen molar-refractivity contribution in [1.29, 1.82) is 0 Å². The van der Waals surface area contributed by atoms with Gasteiger partial charge in [-0.05, 0) is 37.5 Å². The maximum Gasteiger partial charge on any atom is 0.177 e. The average molecular weight is 395 g/mol. The molecule has 1 saturated heterocycles. The maximum absolute atomic E-state index is 9.41. The number of hydrogen-bond acceptors (Lipinski definition) is 6. The molecular weight excluding hydrogens is 374 g/mol. The Morgan fingerprint density at radius 3 is 3.00 bits per heavy atom. The van der Waals surface area contributed by atoms with Gasteiger partial charge >= 0.3 is 0 Å². The fourth-order valence-electron chi connectivity index (χ4n) is 4.11. The van der Waals surface area contributed by atoms with Crippen molar-refractivity contribution in [3.63, 3.8) is 0 Å². The van der Waals surface area contributed by atoms with E-state index in [1.807, 2.05) is 36.5 Å². The largest absolute Gasteiger partial charge is 0.455 e. The van der Waals surface area contributed by atoms with Crippen molar-refractivity contribution in [2.75, 3.05) is 13.1 Å². The highest BCUT2D eigenvalue weighted by molar-refractivity contribution is 7.97. The van der Waals surface area contributed by atoms with Crippen molar-refractivity contribution in [3.05, 3.63) is 36.4 Å². The van der Waals surface area contributed by atoms with Crippen LogP contribution in [-0.4, -0.2) is 47.3 Å². The molecule has 0 aromatic carbocycles. The number of aromatic amines is 1. The molecule has 1 saturated carbocycles. The van der Waals surface area contributed by atoms with Crippen molar-refractivity contribution >= 4 is 34.0 Å². The molecule has 4 aromatic heterocycles. The number of aromatic nitrogens is 4. The maximum atomic E-state index is 9.41. The van der Waals surface area contributed by atoms with E-state index in [1.54, 1.807) is 0 Å². The second-order valence-corrected chi connectivity index (χ2v) is 8.99. The van der Waals surface area contributed by atoms with Crippen LogP contribution in [-0.2, 0) is 6.61 Å². The molecule has 6 rings (SSSR count). The van der Waals surface area contributed by atoms with Crippen molar-refractivity contribution < 1.29 is 9.52 Å². The molecular formula is C20H21N5O2S. The predicted octanol–water partition coefficient (Wildman–Crippen LogP) is 3.72. The lowest BCUT2D eigenvalue weighted by atomic mass is 10.2. The van der Waals surface area contributed by atoms with Gasteiger partial charge in [-0.25, -0.2) is 14.3 Å². The number of aliphatic hydroxyl groups is 1. The van der Waals surface area contributed by atoms with Crippen LogP contribution in [0.4, 0.5) is 0 Å². The number of hydrogen-bond donors (Lipinski definition) is 2. The number of aliphatic hydroxyl groups excluding tert-OH is 1. The van der Waals surface area contributed by atoms with Gasteiger partial charge in [0, 0.05) is 29.9 Å². The highest BCUT2D eigenvalue weighted by Gasteiger charge is 2.33. The van der Waals surface area contributed by atoms with Crippen molar-refractivity contribution in [2.45, 2.75) is 37.2 Å². The minimum atomic E-state index is -0.112. The lowest BCUT2D eigenvalue weighted by Crippen LogP contribution is -2.16. The van der Waals surface area contributed by atoms with Crippen LogP contribution in [0.15, 0.2) is 35.0 Å². The van der Waals surface area contributed by atoms with E-state index >= 15 is 0 Å². The van der Waals surface area contributed by atoms with Crippen molar-refractivity contribution in [3.8, 4) is 11.6 Å². The van der Waals surface area contributed by atoms with Gasteiger partial charge in [0.25, 0.3) is 0 Å². The molecule has 0 radical (unpaired) electrons. The number of fused-ring (bicyclic) bond motifs is 3. The van der Waals surface area contributed by atoms with E-state index in [4.69, 9.17) is 9.40 Å². The second-order valence-electron chi connectivity index (χ2n) is 7.60. The first-order valence-corrected chi connectivity index (χ1v) is 10.6. The van der Waals surface area contributed by atoms with Gasteiger partial charge in [0.05, 0.1) is 17.8 Å². The standard InChI is InChI=1S/C20H21N5O2S/c26-11-13-1-4-17(27-13)20-23-16-9-22-19-15(5-7-21-19)18(16)25(20)12-6-8-24(10-12)28-14-2-3-14/h1,4-5,7,9,12,14,26H,2-3,6,8,10-11H2,(H,21,22). The van der Waals surface area contributed by atoms with Gasteiger partial charge in [0.1, 0.15) is 23.5 Å². The summed E-state index contributed by atoms with van der Waals surface area (Å²) >= 11 is 2.02. The van der Waals surface area contributed by atoms with Gasteiger partial charge in [-0.1, -0.05) is 11.9 Å². The summed E-state index contributed by atoms with van der Waals surface area (Å²) in [6.07, 6.45) is 7.53. The molecule has 144 valence electrons. The molecule has 0 spiro atoms. The Bertz CT molecular complexity index is 1160. The Kier molecular flexibility index (Phi) is 3.78. The van der Waals surface area contributed by atoms with E-state index in [-0.39, 0.29) is 6.61 Å². The number of H-pyrrole nitrogens is 1. The van der Waals surface area contributed by atoms with Crippen LogP contribution >= 0.6 is 11.9 Å². The molecule has 7 nitrogen and oxygen atoms in total. The summed E-state index contributed by atoms with van der Waals surface area (Å²) in [6, 6.07) is 6.11. The third-order valence-corrected chi connectivity index (χ3v) is 6.99. The zero-order valence-corrected chi connectivity index (χ0v) is 16.2. The molecule has 4 aromatic rings. The lowest BCUT2D eigenvalue weighted by Gasteiger charge is -2.18. The molecule has 2 fully saturated rings. The third-order valence-electron chi connectivity index (χ3n) is 5.59. The second kappa shape index (κ2) is 6.37. The molecule has 0 bridgehead atoms. The quantitative estimate of drug-likeness (QED) is 0.501. The van der Waals surface area contributed by atoms with Crippen LogP contribution in [0.3, 0.4) is 0 Å². The normalized spacial score (nSPS) is 20.7. The van der Waals surface area contributed by atoms with Crippen LogP contribution < -0.4 is 0 Å². The zero-order chi connectivity index (χ0) is 18.7. The number of pyridine rings is 1. The molecule has 5 heterocycles. The lowest BCUT2D eigenvalue weighted by molar-refractivity contribution is 0.248. The first-order chi connectivity index (χ1) is 13.8. The topological polar surface area (TPSA) is 83.1 Å². The molecule has 8 heteroatoms. The molecule has 1 aliphatic carbocycles. The van der Waals surface area contributed by atoms with E-state index in [0.717, 1.165) is 52.7 Å². The predicted molar refractivity (Wildman–Crippen MR) is 109 cm³/mol. The van der Waals surface area contributed by atoms with Gasteiger partial charge in [-0.2, -0.15) is 0 Å². The van der Waals surface area contributed by atoms with E-state index in [9.17, 15) is 5.11 Å². The summed E-state index contributed by atoms with van der Waals surface area (Å²) in [5.74, 6) is 2.06. The van der Waals surface area contributed by atoms with E-state index < -0.39 is 0 Å². The summed E-state index contributed by atoms with van der Waals surface area (Å²) in [6.45, 7) is 1.98. The number of nitrogens with zero attached hydrogens (tertiary/aromatic N) is 4. The van der Waals surface area contributed by atoms with Gasteiger partial charge in [-0.3, -0.25) is 0 Å². The average Bonchev–Trinajstić information content (AvgIpc) is 3.16. The Balaban J connectivity index is 1.51. The summed E-state index contributed by atoms with van der Waals surface area (Å²) in [5.41, 5.74) is 2.85. The molecule has 2 N–H and O–H groups in total. The van der Waals surface area contributed by atoms with Gasteiger partial charge in [0.15, 0.2) is 11.6 Å². The Morgan fingerprint density at radius 1 is 1.25 bits per heavy atom. The monoisotopic (exact) mass is 395 g/mol. The van der Waals surface area contributed by atoms with Gasteiger partial charge in [0.2, 0.25) is 0 Å². The number of rotatable bonds is 5. The van der Waals surface area contributed by atoms with E-state index in [0.29, 0.717) is 17.6 Å². The Morgan fingerprint density at radius 2 is 2.18 bits per heavy atom. The minimum absolute atomic E-state index is 0.112. The fraction of sp³-hybridized carbons (Fsp3) is 0.400. The molecule has 2 aliphatic rings. The minimum Gasteiger partial charge on any atom is -0.455 e. The van der Waals surface area contributed by atoms with Crippen LogP contribution in [0.5, 0.6) is 0 Å². The van der Waals surface area contributed by atoms with Crippen LogP contribution in [0.2, 0.25) is 0 Å². The number of furan rings is 1. The molecule has 1 unspecified atom stereocenters. The van der Waals surface area contributed by atoms with E-state index in [1.165, 1.54) is 12.8 Å². The third kappa shape index (κ3) is 2.67. The van der Waals surface area contributed by atoms with Crippen molar-refractivity contribution in [1.82, 2.24) is 23.8 Å². The van der Waals surface area contributed by atoms with Crippen LogP contribution in [0.1, 0.15) is 31.1 Å². The summed E-state index contributed by atoms with van der Waals surface area (Å²) in [4.78, 5) is 12.6. The smallest absolute Gasteiger partial charge is 0.177 e. The molecule has 28 heavy (non-hydrogen) atoms. The number of imidazole rings is 1. The van der Waals surface area contributed by atoms with Crippen LogP contribution in [0, 0.1) is 0 Å². The summed E-state index contributed by atoms with van der Waals surface area (Å²) in [5, 5.41) is 11.3. The first-order valence-electron chi connectivity index (χ1n) is 9.76. The SMILES string of the molecule is OCc1ccc(-c2nc3cnc4[nH]ccc4c3n2C2CCN(SC3CC3)C2)o1. The molecule has 0 amide bonds. The van der Waals surface area contributed by atoms with Gasteiger partial charge in [-0.15, -0.1) is 0 Å². The van der Waals surface area contributed by atoms with E-state index in [2.05, 4.69) is 24.9 Å². The highest BCUT2D eigenvalue weighted by Crippen LogP contribution is 2.42.